The summed E-state index contributed by atoms with van der Waals surface area (Å²) in [6, 6.07) is 22.7. The molecule has 0 aromatic heterocycles. The molecular weight excluding hydrogens is 360 g/mol. The van der Waals surface area contributed by atoms with Crippen LogP contribution in [0.2, 0.25) is 0 Å². The number of aryl methyl sites for hydroxylation is 1. The molecule has 4 heteroatoms. The van der Waals surface area contributed by atoms with E-state index in [-0.39, 0.29) is 5.91 Å². The Labute approximate surface area is 172 Å². The lowest BCUT2D eigenvalue weighted by molar-refractivity contribution is -0.127. The average molecular weight is 389 g/mol. The summed E-state index contributed by atoms with van der Waals surface area (Å²) < 4.78 is 5.86. The molecule has 0 aliphatic carbocycles. The van der Waals surface area contributed by atoms with Crippen LogP contribution in [0.15, 0.2) is 66.7 Å². The second-order valence-electron chi connectivity index (χ2n) is 7.63. The van der Waals surface area contributed by atoms with Crippen LogP contribution in [-0.2, 0) is 11.2 Å². The first kappa shape index (κ1) is 19.3. The highest BCUT2D eigenvalue weighted by molar-refractivity contribution is 5.84. The van der Waals surface area contributed by atoms with Gasteiger partial charge in [-0.1, -0.05) is 48.5 Å². The van der Waals surface area contributed by atoms with Gasteiger partial charge in [-0.15, -0.1) is 0 Å². The van der Waals surface area contributed by atoms with Crippen LogP contribution in [0.1, 0.15) is 25.3 Å². The molecule has 1 heterocycles. The maximum atomic E-state index is 12.4. The van der Waals surface area contributed by atoms with E-state index in [1.54, 1.807) is 6.92 Å². The van der Waals surface area contributed by atoms with Crippen LogP contribution >= 0.6 is 0 Å². The van der Waals surface area contributed by atoms with Gasteiger partial charge in [0.15, 0.2) is 6.10 Å². The number of ether oxygens (including phenoxy) is 1. The van der Waals surface area contributed by atoms with Gasteiger partial charge in [0.1, 0.15) is 5.75 Å². The van der Waals surface area contributed by atoms with Gasteiger partial charge in [0.25, 0.3) is 5.91 Å². The normalized spacial score (nSPS) is 14.3. The Morgan fingerprint density at radius 3 is 2.76 bits per heavy atom. The molecule has 29 heavy (non-hydrogen) atoms. The topological polar surface area (TPSA) is 41.6 Å². The van der Waals surface area contributed by atoms with Crippen molar-refractivity contribution in [1.82, 2.24) is 5.32 Å². The van der Waals surface area contributed by atoms with E-state index >= 15 is 0 Å². The lowest BCUT2D eigenvalue weighted by Crippen LogP contribution is -2.38. The summed E-state index contributed by atoms with van der Waals surface area (Å²) >= 11 is 0. The smallest absolute Gasteiger partial charge is 0.260 e. The fourth-order valence-corrected chi connectivity index (χ4v) is 3.97. The van der Waals surface area contributed by atoms with Crippen molar-refractivity contribution in [1.29, 1.82) is 0 Å². The number of hydrogen-bond donors (Lipinski definition) is 1. The maximum Gasteiger partial charge on any atom is 0.260 e. The Hall–Kier alpha value is -3.01. The van der Waals surface area contributed by atoms with Gasteiger partial charge in [0.05, 0.1) is 0 Å². The van der Waals surface area contributed by atoms with Crippen molar-refractivity contribution < 1.29 is 9.53 Å². The predicted octanol–water partition coefficient (Wildman–Crippen LogP) is 4.57. The summed E-state index contributed by atoms with van der Waals surface area (Å²) in [6.07, 6.45) is 2.75. The minimum absolute atomic E-state index is 0.0720. The van der Waals surface area contributed by atoms with Gasteiger partial charge in [-0.25, -0.2) is 0 Å². The number of benzene rings is 3. The van der Waals surface area contributed by atoms with E-state index < -0.39 is 6.10 Å². The molecule has 1 aliphatic heterocycles. The van der Waals surface area contributed by atoms with Gasteiger partial charge in [0, 0.05) is 25.3 Å². The van der Waals surface area contributed by atoms with Crippen molar-refractivity contribution in [3.8, 4) is 5.75 Å². The van der Waals surface area contributed by atoms with Crippen LogP contribution in [0.3, 0.4) is 0 Å². The second kappa shape index (κ2) is 8.99. The maximum absolute atomic E-state index is 12.4. The van der Waals surface area contributed by atoms with E-state index in [1.165, 1.54) is 17.7 Å². The zero-order valence-corrected chi connectivity index (χ0v) is 16.9. The van der Waals surface area contributed by atoms with Gasteiger partial charge in [0.2, 0.25) is 0 Å². The molecule has 4 nitrogen and oxygen atoms in total. The van der Waals surface area contributed by atoms with E-state index in [2.05, 4.69) is 40.5 Å². The zero-order chi connectivity index (χ0) is 20.1. The fraction of sp³-hybridized carbons (Fsp3) is 0.320. The van der Waals surface area contributed by atoms with Crippen molar-refractivity contribution >= 4 is 22.4 Å². The molecular formula is C25H28N2O2. The minimum Gasteiger partial charge on any atom is -0.481 e. The Kier molecular flexibility index (Phi) is 5.99. The molecule has 0 spiro atoms. The molecule has 1 atom stereocenters. The number of carbonyl (C=O) groups is 1. The third-order valence-corrected chi connectivity index (χ3v) is 5.51. The van der Waals surface area contributed by atoms with Crippen molar-refractivity contribution in [3.05, 3.63) is 72.3 Å². The minimum atomic E-state index is -0.521. The molecule has 0 saturated heterocycles. The van der Waals surface area contributed by atoms with Gasteiger partial charge in [-0.2, -0.15) is 0 Å². The van der Waals surface area contributed by atoms with Gasteiger partial charge in [-0.05, 0) is 60.7 Å². The van der Waals surface area contributed by atoms with E-state index in [0.717, 1.165) is 42.5 Å². The molecule has 0 fully saturated rings. The standard InChI is InChI=1S/C25H28N2O2/c1-19(29-23-14-13-20-8-2-3-10-22(20)18-23)25(28)26-15-7-17-27-16-6-11-21-9-4-5-12-24(21)27/h2-5,8-10,12-14,18-19H,6-7,11,15-17H2,1H3,(H,26,28)/t19-/m0/s1. The first-order valence-electron chi connectivity index (χ1n) is 10.5. The van der Waals surface area contributed by atoms with Crippen LogP contribution < -0.4 is 15.0 Å². The van der Waals surface area contributed by atoms with Crippen LogP contribution in [-0.4, -0.2) is 31.6 Å². The Balaban J connectivity index is 1.24. The number of anilines is 1. The molecule has 1 amide bonds. The van der Waals surface area contributed by atoms with Crippen LogP contribution in [0.5, 0.6) is 5.75 Å². The Morgan fingerprint density at radius 1 is 1.07 bits per heavy atom. The highest BCUT2D eigenvalue weighted by atomic mass is 16.5. The van der Waals surface area contributed by atoms with Gasteiger partial charge in [-0.3, -0.25) is 4.79 Å². The van der Waals surface area contributed by atoms with Crippen molar-refractivity contribution in [2.75, 3.05) is 24.5 Å². The molecule has 3 aromatic rings. The molecule has 1 aliphatic rings. The first-order chi connectivity index (χ1) is 14.2. The highest BCUT2D eigenvalue weighted by Crippen LogP contribution is 2.26. The fourth-order valence-electron chi connectivity index (χ4n) is 3.97. The number of fused-ring (bicyclic) bond motifs is 2. The predicted molar refractivity (Wildman–Crippen MR) is 119 cm³/mol. The summed E-state index contributed by atoms with van der Waals surface area (Å²) in [6.45, 7) is 4.50. The summed E-state index contributed by atoms with van der Waals surface area (Å²) in [4.78, 5) is 14.8. The van der Waals surface area contributed by atoms with Gasteiger partial charge < -0.3 is 15.0 Å². The number of hydrogen-bond acceptors (Lipinski definition) is 3. The van der Waals surface area contributed by atoms with Crippen LogP contribution in [0, 0.1) is 0 Å². The summed E-state index contributed by atoms with van der Waals surface area (Å²) in [5.41, 5.74) is 2.78. The summed E-state index contributed by atoms with van der Waals surface area (Å²) in [5, 5.41) is 5.29. The van der Waals surface area contributed by atoms with Crippen molar-refractivity contribution in [2.24, 2.45) is 0 Å². The lowest BCUT2D eigenvalue weighted by atomic mass is 10.0. The highest BCUT2D eigenvalue weighted by Gasteiger charge is 2.17. The quantitative estimate of drug-likeness (QED) is 0.603. The second-order valence-corrected chi connectivity index (χ2v) is 7.63. The third kappa shape index (κ3) is 4.70. The Bertz CT molecular complexity index is 985. The summed E-state index contributed by atoms with van der Waals surface area (Å²) in [5.74, 6) is 0.647. The molecule has 4 rings (SSSR count). The van der Waals surface area contributed by atoms with E-state index in [4.69, 9.17) is 4.74 Å². The molecule has 0 unspecified atom stereocenters. The van der Waals surface area contributed by atoms with E-state index in [0.29, 0.717) is 6.54 Å². The number of carbonyl (C=O) groups excluding carboxylic acids is 1. The molecule has 0 radical (unpaired) electrons. The monoisotopic (exact) mass is 388 g/mol. The van der Waals surface area contributed by atoms with Crippen LogP contribution in [0.4, 0.5) is 5.69 Å². The molecule has 0 bridgehead atoms. The molecule has 3 aromatic carbocycles. The van der Waals surface area contributed by atoms with Gasteiger partial charge >= 0.3 is 0 Å². The van der Waals surface area contributed by atoms with Crippen molar-refractivity contribution in [2.45, 2.75) is 32.3 Å². The van der Waals surface area contributed by atoms with Crippen molar-refractivity contribution in [3.63, 3.8) is 0 Å². The summed E-state index contributed by atoms with van der Waals surface area (Å²) in [7, 11) is 0. The number of nitrogens with zero attached hydrogens (tertiary/aromatic N) is 1. The first-order valence-corrected chi connectivity index (χ1v) is 10.5. The average Bonchev–Trinajstić information content (AvgIpc) is 2.76. The van der Waals surface area contributed by atoms with E-state index in [1.807, 2.05) is 36.4 Å². The number of nitrogens with one attached hydrogen (secondary N) is 1. The zero-order valence-electron chi connectivity index (χ0n) is 16.9. The molecule has 1 N–H and O–H groups in total. The Morgan fingerprint density at radius 2 is 1.86 bits per heavy atom. The molecule has 150 valence electrons. The lowest BCUT2D eigenvalue weighted by Gasteiger charge is -2.31. The molecule has 0 saturated carbocycles. The number of rotatable bonds is 7. The van der Waals surface area contributed by atoms with Crippen LogP contribution in [0.25, 0.3) is 10.8 Å². The SMILES string of the molecule is C[C@H](Oc1ccc2ccccc2c1)C(=O)NCCCN1CCCc2ccccc21. The third-order valence-electron chi connectivity index (χ3n) is 5.51. The van der Waals surface area contributed by atoms with E-state index in [9.17, 15) is 4.79 Å². The largest absolute Gasteiger partial charge is 0.481 e. The number of amides is 1. The number of para-hydroxylation sites is 1.